The summed E-state index contributed by atoms with van der Waals surface area (Å²) in [7, 11) is 0. The summed E-state index contributed by atoms with van der Waals surface area (Å²) in [5.74, 6) is 0.979. The summed E-state index contributed by atoms with van der Waals surface area (Å²) < 4.78 is 0. The molecular formula is C13H19N3. The molecule has 3 N–H and O–H groups in total. The predicted molar refractivity (Wildman–Crippen MR) is 68.1 cm³/mol. The first kappa shape index (κ1) is 11.0. The molecule has 3 heteroatoms. The zero-order valence-corrected chi connectivity index (χ0v) is 9.74. The summed E-state index contributed by atoms with van der Waals surface area (Å²) in [6, 6.07) is 7.98. The number of nitrogens with two attached hydrogens (primary N) is 1. The van der Waals surface area contributed by atoms with Gasteiger partial charge in [0.05, 0.1) is 0 Å². The van der Waals surface area contributed by atoms with Crippen molar-refractivity contribution >= 4 is 11.5 Å². The molecule has 3 nitrogen and oxygen atoms in total. The van der Waals surface area contributed by atoms with Crippen LogP contribution in [0.25, 0.3) is 0 Å². The highest BCUT2D eigenvalue weighted by Gasteiger charge is 2.20. The van der Waals surface area contributed by atoms with E-state index in [1.165, 1.54) is 18.5 Å². The summed E-state index contributed by atoms with van der Waals surface area (Å²) in [6.45, 7) is 4.57. The Morgan fingerprint density at radius 2 is 2.12 bits per heavy atom. The van der Waals surface area contributed by atoms with Crippen molar-refractivity contribution in [2.75, 3.05) is 18.0 Å². The van der Waals surface area contributed by atoms with Crippen molar-refractivity contribution in [2.45, 2.75) is 19.8 Å². The van der Waals surface area contributed by atoms with Gasteiger partial charge in [0.25, 0.3) is 0 Å². The number of hydrogen-bond acceptors (Lipinski definition) is 2. The minimum Gasteiger partial charge on any atom is -0.384 e. The van der Waals surface area contributed by atoms with Crippen LogP contribution in [0, 0.1) is 11.3 Å². The number of nitrogen functional groups attached to an aromatic ring is 1. The second kappa shape index (κ2) is 4.56. The minimum absolute atomic E-state index is 0.138. The van der Waals surface area contributed by atoms with Gasteiger partial charge in [-0.25, -0.2) is 0 Å². The highest BCUT2D eigenvalue weighted by atomic mass is 15.1. The van der Waals surface area contributed by atoms with Crippen LogP contribution >= 0.6 is 0 Å². The number of nitrogens with one attached hydrogen (secondary N) is 1. The maximum Gasteiger partial charge on any atom is 0.122 e. The summed E-state index contributed by atoms with van der Waals surface area (Å²) in [5.41, 5.74) is 7.48. The second-order valence-electron chi connectivity index (χ2n) is 4.47. The lowest BCUT2D eigenvalue weighted by Crippen LogP contribution is -2.19. The third kappa shape index (κ3) is 2.18. The van der Waals surface area contributed by atoms with Crippen LogP contribution in [0.1, 0.15) is 25.3 Å². The number of hydrogen-bond donors (Lipinski definition) is 2. The molecule has 1 fully saturated rings. The molecule has 0 bridgehead atoms. The van der Waals surface area contributed by atoms with Crippen molar-refractivity contribution in [3.8, 4) is 0 Å². The lowest BCUT2D eigenvalue weighted by atomic mass is 10.1. The normalized spacial score (nSPS) is 20.1. The van der Waals surface area contributed by atoms with Gasteiger partial charge in [-0.1, -0.05) is 13.3 Å². The van der Waals surface area contributed by atoms with E-state index in [9.17, 15) is 0 Å². The molecule has 1 aliphatic heterocycles. The third-order valence-electron chi connectivity index (χ3n) is 3.41. The number of nitrogens with zero attached hydrogens (tertiary/aromatic N) is 1. The van der Waals surface area contributed by atoms with Crippen LogP contribution in [-0.2, 0) is 0 Å². The van der Waals surface area contributed by atoms with Gasteiger partial charge in [0, 0.05) is 24.3 Å². The quantitative estimate of drug-likeness (QED) is 0.602. The van der Waals surface area contributed by atoms with Gasteiger partial charge in [-0.3, -0.25) is 5.41 Å². The molecular weight excluding hydrogens is 198 g/mol. The molecule has 0 aliphatic carbocycles. The van der Waals surface area contributed by atoms with Crippen LogP contribution in [0.2, 0.25) is 0 Å². The first-order chi connectivity index (χ1) is 7.70. The highest BCUT2D eigenvalue weighted by molar-refractivity contribution is 5.95. The maximum atomic E-state index is 7.34. The van der Waals surface area contributed by atoms with Gasteiger partial charge in [0.15, 0.2) is 0 Å². The van der Waals surface area contributed by atoms with E-state index in [-0.39, 0.29) is 5.84 Å². The Morgan fingerprint density at radius 3 is 2.62 bits per heavy atom. The summed E-state index contributed by atoms with van der Waals surface area (Å²) in [6.07, 6.45) is 2.56. The largest absolute Gasteiger partial charge is 0.384 e. The van der Waals surface area contributed by atoms with Crippen LogP contribution in [-0.4, -0.2) is 18.9 Å². The fourth-order valence-corrected chi connectivity index (χ4v) is 2.25. The van der Waals surface area contributed by atoms with Crippen molar-refractivity contribution in [1.82, 2.24) is 0 Å². The van der Waals surface area contributed by atoms with Gasteiger partial charge >= 0.3 is 0 Å². The van der Waals surface area contributed by atoms with E-state index in [0.29, 0.717) is 0 Å². The molecule has 1 saturated heterocycles. The van der Waals surface area contributed by atoms with Crippen molar-refractivity contribution in [3.63, 3.8) is 0 Å². The van der Waals surface area contributed by atoms with Gasteiger partial charge in [-0.2, -0.15) is 0 Å². The first-order valence-electron chi connectivity index (χ1n) is 5.90. The van der Waals surface area contributed by atoms with Crippen molar-refractivity contribution in [2.24, 2.45) is 11.7 Å². The predicted octanol–water partition coefficient (Wildman–Crippen LogP) is 2.21. The highest BCUT2D eigenvalue weighted by Crippen LogP contribution is 2.25. The van der Waals surface area contributed by atoms with Gasteiger partial charge in [-0.15, -0.1) is 0 Å². The van der Waals surface area contributed by atoms with Crippen molar-refractivity contribution in [1.29, 1.82) is 5.41 Å². The molecule has 1 atom stereocenters. The molecule has 1 heterocycles. The van der Waals surface area contributed by atoms with Crippen LogP contribution in [0.3, 0.4) is 0 Å². The Balaban J connectivity index is 2.08. The van der Waals surface area contributed by atoms with E-state index in [1.54, 1.807) is 0 Å². The van der Waals surface area contributed by atoms with Gasteiger partial charge in [0.2, 0.25) is 0 Å². The fraction of sp³-hybridized carbons (Fsp3) is 0.462. The zero-order chi connectivity index (χ0) is 11.5. The molecule has 0 amide bonds. The summed E-state index contributed by atoms with van der Waals surface area (Å²) in [4.78, 5) is 2.41. The maximum absolute atomic E-state index is 7.34. The Hall–Kier alpha value is -1.51. The van der Waals surface area contributed by atoms with Crippen molar-refractivity contribution < 1.29 is 0 Å². The van der Waals surface area contributed by atoms with Crippen LogP contribution in [0.15, 0.2) is 24.3 Å². The Bertz CT molecular complexity index is 369. The molecule has 1 aromatic carbocycles. The van der Waals surface area contributed by atoms with Gasteiger partial charge < -0.3 is 10.6 Å². The first-order valence-corrected chi connectivity index (χ1v) is 5.90. The molecule has 1 aromatic rings. The van der Waals surface area contributed by atoms with Gasteiger partial charge in [0.1, 0.15) is 5.84 Å². The number of anilines is 1. The van der Waals surface area contributed by atoms with Gasteiger partial charge in [-0.05, 0) is 36.6 Å². The number of benzene rings is 1. The Kier molecular flexibility index (Phi) is 3.13. The lowest BCUT2D eigenvalue weighted by Gasteiger charge is -2.18. The molecule has 1 unspecified atom stereocenters. The van der Waals surface area contributed by atoms with E-state index in [0.717, 1.165) is 24.6 Å². The average Bonchev–Trinajstić information content (AvgIpc) is 2.77. The number of rotatable bonds is 3. The lowest BCUT2D eigenvalue weighted by molar-refractivity contribution is 0.569. The standard InChI is InChI=1S/C13H19N3/c1-2-10-7-8-16(9-10)12-5-3-11(4-6-12)13(14)15/h3-6,10H,2,7-9H2,1H3,(H3,14,15). The molecule has 1 aliphatic rings. The molecule has 0 radical (unpaired) electrons. The van der Waals surface area contributed by atoms with Crippen LogP contribution in [0.4, 0.5) is 5.69 Å². The zero-order valence-electron chi connectivity index (χ0n) is 9.74. The van der Waals surface area contributed by atoms with E-state index in [1.807, 2.05) is 12.1 Å². The second-order valence-corrected chi connectivity index (χ2v) is 4.47. The van der Waals surface area contributed by atoms with E-state index in [2.05, 4.69) is 24.0 Å². The molecule has 0 spiro atoms. The molecule has 86 valence electrons. The Morgan fingerprint density at radius 1 is 1.44 bits per heavy atom. The van der Waals surface area contributed by atoms with Crippen LogP contribution in [0.5, 0.6) is 0 Å². The smallest absolute Gasteiger partial charge is 0.122 e. The third-order valence-corrected chi connectivity index (χ3v) is 3.41. The summed E-state index contributed by atoms with van der Waals surface area (Å²) >= 11 is 0. The van der Waals surface area contributed by atoms with E-state index in [4.69, 9.17) is 11.1 Å². The van der Waals surface area contributed by atoms with E-state index >= 15 is 0 Å². The van der Waals surface area contributed by atoms with Crippen molar-refractivity contribution in [3.05, 3.63) is 29.8 Å². The Labute approximate surface area is 96.8 Å². The molecule has 16 heavy (non-hydrogen) atoms. The topological polar surface area (TPSA) is 53.1 Å². The monoisotopic (exact) mass is 217 g/mol. The number of amidine groups is 1. The molecule has 0 aromatic heterocycles. The molecule has 2 rings (SSSR count). The minimum atomic E-state index is 0.138. The average molecular weight is 217 g/mol. The van der Waals surface area contributed by atoms with E-state index < -0.39 is 0 Å². The summed E-state index contributed by atoms with van der Waals surface area (Å²) in [5, 5.41) is 7.34. The van der Waals surface area contributed by atoms with Crippen LogP contribution < -0.4 is 10.6 Å². The molecule has 0 saturated carbocycles. The fourth-order valence-electron chi connectivity index (χ4n) is 2.25. The SMILES string of the molecule is CCC1CCN(c2ccc(C(=N)N)cc2)C1.